The van der Waals surface area contributed by atoms with Gasteiger partial charge in [-0.25, -0.2) is 8.42 Å². The Balaban J connectivity index is 1.89. The monoisotopic (exact) mass is 362 g/mol. The van der Waals surface area contributed by atoms with Gasteiger partial charge in [0.25, 0.3) is 10.0 Å². The Morgan fingerprint density at radius 3 is 2.56 bits per heavy atom. The molecular weight excluding hydrogens is 344 g/mol. The predicted molar refractivity (Wildman–Crippen MR) is 93.8 cm³/mol. The summed E-state index contributed by atoms with van der Waals surface area (Å²) in [5, 5.41) is 0. The summed E-state index contributed by atoms with van der Waals surface area (Å²) < 4.78 is 38.1. The lowest BCUT2D eigenvalue weighted by Crippen LogP contribution is -2.36. The van der Waals surface area contributed by atoms with Crippen LogP contribution in [0.4, 0.5) is 11.4 Å². The number of nitrogens with one attached hydrogen (secondary N) is 1. The van der Waals surface area contributed by atoms with Crippen LogP contribution >= 0.6 is 0 Å². The van der Waals surface area contributed by atoms with E-state index >= 15 is 0 Å². The molecule has 8 heteroatoms. The number of amides is 1. The first-order valence-electron chi connectivity index (χ1n) is 7.62. The summed E-state index contributed by atoms with van der Waals surface area (Å²) in [6, 6.07) is 10.9. The van der Waals surface area contributed by atoms with Crippen molar-refractivity contribution < 1.29 is 22.7 Å². The minimum Gasteiger partial charge on any atom is -0.497 e. The number of ether oxygens (including phenoxy) is 2. The fourth-order valence-electron chi connectivity index (χ4n) is 2.58. The molecule has 1 heterocycles. The summed E-state index contributed by atoms with van der Waals surface area (Å²) in [5.41, 5.74) is 0.903. The van der Waals surface area contributed by atoms with E-state index in [4.69, 9.17) is 9.47 Å². The summed E-state index contributed by atoms with van der Waals surface area (Å²) in [5.74, 6) is 0.996. The highest BCUT2D eigenvalue weighted by Gasteiger charge is 2.22. The van der Waals surface area contributed by atoms with Gasteiger partial charge >= 0.3 is 0 Å². The van der Waals surface area contributed by atoms with Gasteiger partial charge in [0.2, 0.25) is 5.91 Å². The topological polar surface area (TPSA) is 84.9 Å². The second-order valence-corrected chi connectivity index (χ2v) is 7.17. The summed E-state index contributed by atoms with van der Waals surface area (Å²) >= 11 is 0. The molecule has 2 aromatic carbocycles. The molecule has 0 radical (unpaired) electrons. The van der Waals surface area contributed by atoms with Gasteiger partial charge in [-0.3, -0.25) is 9.52 Å². The van der Waals surface area contributed by atoms with Gasteiger partial charge < -0.3 is 14.4 Å². The van der Waals surface area contributed by atoms with E-state index in [0.29, 0.717) is 36.0 Å². The summed E-state index contributed by atoms with van der Waals surface area (Å²) in [7, 11) is -2.24. The van der Waals surface area contributed by atoms with Crippen molar-refractivity contribution in [2.45, 2.75) is 11.8 Å². The van der Waals surface area contributed by atoms with E-state index in [2.05, 4.69) is 4.72 Å². The molecule has 25 heavy (non-hydrogen) atoms. The number of benzene rings is 2. The Hall–Kier alpha value is -2.74. The highest BCUT2D eigenvalue weighted by atomic mass is 32.2. The van der Waals surface area contributed by atoms with Gasteiger partial charge in [-0.2, -0.15) is 0 Å². The molecule has 1 amide bonds. The van der Waals surface area contributed by atoms with E-state index in [1.165, 1.54) is 26.2 Å². The van der Waals surface area contributed by atoms with E-state index < -0.39 is 10.0 Å². The lowest BCUT2D eigenvalue weighted by atomic mass is 10.2. The molecule has 0 aliphatic carbocycles. The number of hydrogen-bond acceptors (Lipinski definition) is 5. The van der Waals surface area contributed by atoms with Crippen LogP contribution < -0.4 is 19.1 Å². The first-order valence-corrected chi connectivity index (χ1v) is 9.11. The molecule has 3 rings (SSSR count). The summed E-state index contributed by atoms with van der Waals surface area (Å²) in [6.07, 6.45) is 0. The zero-order chi connectivity index (χ0) is 18.0. The van der Waals surface area contributed by atoms with Gasteiger partial charge in [0.05, 0.1) is 29.9 Å². The average Bonchev–Trinajstić information content (AvgIpc) is 2.60. The van der Waals surface area contributed by atoms with Gasteiger partial charge in [-0.05, 0) is 42.5 Å². The largest absolute Gasteiger partial charge is 0.497 e. The Morgan fingerprint density at radius 2 is 1.92 bits per heavy atom. The van der Waals surface area contributed by atoms with Gasteiger partial charge in [-0.1, -0.05) is 0 Å². The Morgan fingerprint density at radius 1 is 1.20 bits per heavy atom. The molecule has 2 aromatic rings. The third kappa shape index (κ3) is 3.53. The second kappa shape index (κ2) is 6.64. The van der Waals surface area contributed by atoms with Crippen LogP contribution in [0.15, 0.2) is 47.4 Å². The van der Waals surface area contributed by atoms with Crippen LogP contribution in [0.5, 0.6) is 11.5 Å². The molecule has 1 aliphatic rings. The molecule has 1 aliphatic heterocycles. The SMILES string of the molecule is COc1ccc(S(=O)(=O)Nc2ccc3c(c2)N(C(C)=O)CCO3)cc1. The minimum absolute atomic E-state index is 0.116. The van der Waals surface area contributed by atoms with Crippen LogP contribution in [-0.2, 0) is 14.8 Å². The Kier molecular flexibility index (Phi) is 4.54. The van der Waals surface area contributed by atoms with E-state index in [1.54, 1.807) is 35.2 Å². The minimum atomic E-state index is -3.75. The van der Waals surface area contributed by atoms with E-state index in [-0.39, 0.29) is 10.8 Å². The summed E-state index contributed by atoms with van der Waals surface area (Å²) in [6.45, 7) is 2.30. The highest BCUT2D eigenvalue weighted by molar-refractivity contribution is 7.92. The predicted octanol–water partition coefficient (Wildman–Crippen LogP) is 2.24. The number of carbonyl (C=O) groups excluding carboxylic acids is 1. The van der Waals surface area contributed by atoms with Crippen LogP contribution in [0.3, 0.4) is 0 Å². The lowest BCUT2D eigenvalue weighted by molar-refractivity contribution is -0.116. The number of hydrogen-bond donors (Lipinski definition) is 1. The molecule has 7 nitrogen and oxygen atoms in total. The van der Waals surface area contributed by atoms with Crippen LogP contribution in [0.25, 0.3) is 0 Å². The van der Waals surface area contributed by atoms with Gasteiger partial charge in [0.15, 0.2) is 0 Å². The zero-order valence-electron chi connectivity index (χ0n) is 13.9. The Bertz CT molecular complexity index is 894. The molecule has 132 valence electrons. The first kappa shape index (κ1) is 17.1. The maximum absolute atomic E-state index is 12.5. The number of methoxy groups -OCH3 is 1. The number of sulfonamides is 1. The van der Waals surface area contributed by atoms with Crippen LogP contribution in [0.2, 0.25) is 0 Å². The molecule has 0 saturated carbocycles. The standard InChI is InChI=1S/C17H18N2O5S/c1-12(20)19-9-10-24-17-8-3-13(11-16(17)19)18-25(21,22)15-6-4-14(23-2)5-7-15/h3-8,11,18H,9-10H2,1-2H3. The van der Waals surface area contributed by atoms with Crippen molar-refractivity contribution in [3.63, 3.8) is 0 Å². The fraction of sp³-hybridized carbons (Fsp3) is 0.235. The number of carbonyl (C=O) groups is 1. The van der Waals surface area contributed by atoms with E-state index in [1.807, 2.05) is 0 Å². The molecule has 0 atom stereocenters. The van der Waals surface area contributed by atoms with Crippen molar-refractivity contribution >= 4 is 27.3 Å². The molecule has 0 bridgehead atoms. The second-order valence-electron chi connectivity index (χ2n) is 5.48. The van der Waals surface area contributed by atoms with Crippen molar-refractivity contribution in [1.82, 2.24) is 0 Å². The third-order valence-electron chi connectivity index (χ3n) is 3.82. The number of fused-ring (bicyclic) bond motifs is 1. The van der Waals surface area contributed by atoms with Crippen molar-refractivity contribution in [2.75, 3.05) is 29.9 Å². The van der Waals surface area contributed by atoms with Crippen LogP contribution in [0, 0.1) is 0 Å². The summed E-state index contributed by atoms with van der Waals surface area (Å²) in [4.78, 5) is 13.4. The highest BCUT2D eigenvalue weighted by Crippen LogP contribution is 2.34. The molecule has 0 fully saturated rings. The number of nitrogens with zero attached hydrogens (tertiary/aromatic N) is 1. The average molecular weight is 362 g/mol. The molecule has 0 unspecified atom stereocenters. The first-order chi connectivity index (χ1) is 11.9. The maximum atomic E-state index is 12.5. The van der Waals surface area contributed by atoms with Gasteiger partial charge in [0.1, 0.15) is 18.1 Å². The third-order valence-corrected chi connectivity index (χ3v) is 5.22. The molecule has 0 saturated heterocycles. The van der Waals surface area contributed by atoms with E-state index in [9.17, 15) is 13.2 Å². The van der Waals surface area contributed by atoms with Gasteiger partial charge in [0, 0.05) is 6.92 Å². The van der Waals surface area contributed by atoms with Crippen molar-refractivity contribution in [2.24, 2.45) is 0 Å². The lowest BCUT2D eigenvalue weighted by Gasteiger charge is -2.29. The Labute approximate surface area is 146 Å². The fourth-order valence-corrected chi connectivity index (χ4v) is 3.63. The van der Waals surface area contributed by atoms with Gasteiger partial charge in [-0.15, -0.1) is 0 Å². The molecular formula is C17H18N2O5S. The van der Waals surface area contributed by atoms with Crippen LogP contribution in [-0.4, -0.2) is 34.6 Å². The normalized spacial score (nSPS) is 13.6. The maximum Gasteiger partial charge on any atom is 0.261 e. The van der Waals surface area contributed by atoms with Crippen molar-refractivity contribution in [1.29, 1.82) is 0 Å². The van der Waals surface area contributed by atoms with Crippen molar-refractivity contribution in [3.05, 3.63) is 42.5 Å². The number of rotatable bonds is 4. The number of anilines is 2. The van der Waals surface area contributed by atoms with Crippen LogP contribution in [0.1, 0.15) is 6.92 Å². The molecule has 1 N–H and O–H groups in total. The smallest absolute Gasteiger partial charge is 0.261 e. The molecule has 0 spiro atoms. The quantitative estimate of drug-likeness (QED) is 0.902. The van der Waals surface area contributed by atoms with Crippen molar-refractivity contribution in [3.8, 4) is 11.5 Å². The zero-order valence-corrected chi connectivity index (χ0v) is 14.7. The molecule has 0 aromatic heterocycles. The van der Waals surface area contributed by atoms with E-state index in [0.717, 1.165) is 0 Å².